The summed E-state index contributed by atoms with van der Waals surface area (Å²) in [6, 6.07) is 6.95. The minimum Gasteiger partial charge on any atom is -0.481 e. The first-order chi connectivity index (χ1) is 12.0. The zero-order chi connectivity index (χ0) is 18.2. The maximum Gasteiger partial charge on any atom is 0.308 e. The van der Waals surface area contributed by atoms with Crippen LogP contribution in [0.2, 0.25) is 5.02 Å². The van der Waals surface area contributed by atoms with Gasteiger partial charge in [-0.1, -0.05) is 49.9 Å². The van der Waals surface area contributed by atoms with Crippen LogP contribution in [0, 0.1) is 5.92 Å². The van der Waals surface area contributed by atoms with E-state index in [-0.39, 0.29) is 18.0 Å². The number of halogens is 1. The number of hydrogen-bond donors (Lipinski definition) is 3. The predicted octanol–water partition coefficient (Wildman–Crippen LogP) is 3.36. The Balaban J connectivity index is 1.94. The Morgan fingerprint density at radius 2 is 2.00 bits per heavy atom. The molecular weight excluding hydrogens is 340 g/mol. The second-order valence-electron chi connectivity index (χ2n) is 6.69. The minimum atomic E-state index is -0.818. The lowest BCUT2D eigenvalue weighted by Gasteiger charge is -2.23. The molecule has 0 saturated heterocycles. The number of carbonyl (C=O) groups is 2. The highest BCUT2D eigenvalue weighted by molar-refractivity contribution is 6.30. The molecule has 2 rings (SSSR count). The molecule has 0 radical (unpaired) electrons. The van der Waals surface area contributed by atoms with Crippen molar-refractivity contribution in [2.45, 2.75) is 64.1 Å². The van der Waals surface area contributed by atoms with Crippen molar-refractivity contribution in [3.8, 4) is 0 Å². The second-order valence-corrected chi connectivity index (χ2v) is 7.13. The van der Waals surface area contributed by atoms with Gasteiger partial charge >= 0.3 is 5.97 Å². The molecule has 3 N–H and O–H groups in total. The normalized spacial score (nSPS) is 21.0. The number of carboxylic acid groups (broad SMARTS) is 1. The molecule has 0 bridgehead atoms. The molecule has 3 atom stereocenters. The van der Waals surface area contributed by atoms with Crippen LogP contribution in [0.15, 0.2) is 24.3 Å². The lowest BCUT2D eigenvalue weighted by Crippen LogP contribution is -2.49. The average molecular weight is 367 g/mol. The van der Waals surface area contributed by atoms with Gasteiger partial charge < -0.3 is 15.7 Å². The van der Waals surface area contributed by atoms with Crippen LogP contribution in [0.25, 0.3) is 0 Å². The van der Waals surface area contributed by atoms with E-state index in [1.165, 1.54) is 0 Å². The summed E-state index contributed by atoms with van der Waals surface area (Å²) in [6.07, 6.45) is 4.91. The van der Waals surface area contributed by atoms with Crippen LogP contribution in [-0.2, 0) is 16.1 Å². The summed E-state index contributed by atoms with van der Waals surface area (Å²) in [5.74, 6) is -1.38. The van der Waals surface area contributed by atoms with E-state index in [1.54, 1.807) is 0 Å². The summed E-state index contributed by atoms with van der Waals surface area (Å²) in [5, 5.41) is 16.2. The Hall–Kier alpha value is -1.59. The molecule has 1 saturated carbocycles. The Kier molecular flexibility index (Phi) is 7.72. The van der Waals surface area contributed by atoms with Crippen molar-refractivity contribution in [1.82, 2.24) is 10.6 Å². The third-order valence-corrected chi connectivity index (χ3v) is 5.04. The molecule has 1 aliphatic carbocycles. The van der Waals surface area contributed by atoms with E-state index in [4.69, 9.17) is 11.6 Å². The van der Waals surface area contributed by atoms with Crippen LogP contribution in [0.4, 0.5) is 0 Å². The van der Waals surface area contributed by atoms with E-state index in [0.717, 1.165) is 37.7 Å². The molecule has 0 spiro atoms. The number of aliphatic carboxylic acids is 1. The smallest absolute Gasteiger partial charge is 0.308 e. The average Bonchev–Trinajstić information content (AvgIpc) is 3.04. The molecule has 25 heavy (non-hydrogen) atoms. The van der Waals surface area contributed by atoms with E-state index < -0.39 is 11.9 Å². The molecule has 5 nitrogen and oxygen atoms in total. The lowest BCUT2D eigenvalue weighted by atomic mass is 10.0. The summed E-state index contributed by atoms with van der Waals surface area (Å²) in [4.78, 5) is 24.0. The highest BCUT2D eigenvalue weighted by Gasteiger charge is 2.34. The fourth-order valence-corrected chi connectivity index (χ4v) is 3.42. The molecule has 0 unspecified atom stereocenters. The van der Waals surface area contributed by atoms with Gasteiger partial charge in [-0.05, 0) is 37.0 Å². The van der Waals surface area contributed by atoms with Crippen molar-refractivity contribution < 1.29 is 14.7 Å². The first kappa shape index (κ1) is 19.7. The van der Waals surface area contributed by atoms with E-state index in [9.17, 15) is 14.7 Å². The monoisotopic (exact) mass is 366 g/mol. The summed E-state index contributed by atoms with van der Waals surface area (Å²) in [6.45, 7) is 2.66. The molecule has 0 heterocycles. The van der Waals surface area contributed by atoms with Crippen LogP contribution < -0.4 is 10.6 Å². The molecule has 1 amide bonds. The van der Waals surface area contributed by atoms with E-state index in [2.05, 4.69) is 17.6 Å². The van der Waals surface area contributed by atoms with Gasteiger partial charge in [0.15, 0.2) is 0 Å². The van der Waals surface area contributed by atoms with Crippen LogP contribution in [0.5, 0.6) is 0 Å². The van der Waals surface area contributed by atoms with Crippen LogP contribution in [0.1, 0.15) is 51.0 Å². The molecule has 1 aliphatic rings. The lowest BCUT2D eigenvalue weighted by molar-refractivity contribution is -0.142. The molecule has 6 heteroatoms. The number of unbranched alkanes of at least 4 members (excludes halogenated alkanes) is 1. The molecule has 1 aromatic carbocycles. The van der Waals surface area contributed by atoms with Gasteiger partial charge in [-0.2, -0.15) is 0 Å². The molecule has 1 aromatic rings. The summed E-state index contributed by atoms with van der Waals surface area (Å²) in [5.41, 5.74) is 1.06. The van der Waals surface area contributed by atoms with Gasteiger partial charge in [0.1, 0.15) is 0 Å². The summed E-state index contributed by atoms with van der Waals surface area (Å²) >= 11 is 5.90. The van der Waals surface area contributed by atoms with Crippen molar-refractivity contribution in [2.75, 3.05) is 0 Å². The van der Waals surface area contributed by atoms with Gasteiger partial charge in [-0.15, -0.1) is 0 Å². The van der Waals surface area contributed by atoms with Crippen molar-refractivity contribution in [3.05, 3.63) is 34.9 Å². The SMILES string of the molecule is CCCC[C@H](NCc1ccc(Cl)cc1)C(=O)N[C@H]1CCC[C@H]1C(=O)O. The quantitative estimate of drug-likeness (QED) is 0.626. The first-order valence-electron chi connectivity index (χ1n) is 9.02. The fraction of sp³-hybridized carbons (Fsp3) is 0.579. The maximum absolute atomic E-state index is 12.7. The molecule has 0 aromatic heterocycles. The Bertz CT molecular complexity index is 577. The van der Waals surface area contributed by atoms with Gasteiger partial charge in [-0.3, -0.25) is 9.59 Å². The first-order valence-corrected chi connectivity index (χ1v) is 9.40. The number of benzene rings is 1. The van der Waals surface area contributed by atoms with Crippen molar-refractivity contribution >= 4 is 23.5 Å². The molecular formula is C19H27ClN2O3. The second kappa shape index (κ2) is 9.78. The summed E-state index contributed by atoms with van der Waals surface area (Å²) in [7, 11) is 0. The van der Waals surface area contributed by atoms with E-state index >= 15 is 0 Å². The fourth-order valence-electron chi connectivity index (χ4n) is 3.29. The van der Waals surface area contributed by atoms with Gasteiger partial charge in [-0.25, -0.2) is 0 Å². The zero-order valence-electron chi connectivity index (χ0n) is 14.6. The van der Waals surface area contributed by atoms with Gasteiger partial charge in [0.05, 0.1) is 12.0 Å². The topological polar surface area (TPSA) is 78.4 Å². The number of rotatable bonds is 9. The molecule has 0 aliphatic heterocycles. The van der Waals surface area contributed by atoms with Crippen molar-refractivity contribution in [2.24, 2.45) is 5.92 Å². The van der Waals surface area contributed by atoms with Crippen molar-refractivity contribution in [1.29, 1.82) is 0 Å². The number of amides is 1. The Morgan fingerprint density at radius 3 is 2.64 bits per heavy atom. The summed E-state index contributed by atoms with van der Waals surface area (Å²) < 4.78 is 0. The van der Waals surface area contributed by atoms with E-state index in [1.807, 2.05) is 24.3 Å². The van der Waals surface area contributed by atoms with Gasteiger partial charge in [0.25, 0.3) is 0 Å². The predicted molar refractivity (Wildman–Crippen MR) is 98.5 cm³/mol. The van der Waals surface area contributed by atoms with Crippen molar-refractivity contribution in [3.63, 3.8) is 0 Å². The highest BCUT2D eigenvalue weighted by atomic mass is 35.5. The maximum atomic E-state index is 12.7. The Labute approximate surface area is 154 Å². The molecule has 138 valence electrons. The number of carbonyl (C=O) groups excluding carboxylic acids is 1. The van der Waals surface area contributed by atoms with Gasteiger partial charge in [0, 0.05) is 17.6 Å². The molecule has 1 fully saturated rings. The largest absolute Gasteiger partial charge is 0.481 e. The Morgan fingerprint density at radius 1 is 1.28 bits per heavy atom. The minimum absolute atomic E-state index is 0.0967. The number of nitrogens with one attached hydrogen (secondary N) is 2. The van der Waals surface area contributed by atoms with Crippen LogP contribution in [-0.4, -0.2) is 29.1 Å². The standard InChI is InChI=1S/C19H27ClN2O3/c1-2-3-6-17(21-12-13-8-10-14(20)11-9-13)18(23)22-16-7-4-5-15(16)19(24)25/h8-11,15-17,21H,2-7,12H2,1H3,(H,22,23)(H,24,25)/t15-,16+,17+/m1/s1. The highest BCUT2D eigenvalue weighted by Crippen LogP contribution is 2.26. The third kappa shape index (κ3) is 6.01. The van der Waals surface area contributed by atoms with E-state index in [0.29, 0.717) is 18.0 Å². The van der Waals surface area contributed by atoms with Crippen LogP contribution >= 0.6 is 11.6 Å². The third-order valence-electron chi connectivity index (χ3n) is 4.79. The zero-order valence-corrected chi connectivity index (χ0v) is 15.4. The number of carboxylic acids is 1. The van der Waals surface area contributed by atoms with Gasteiger partial charge in [0.2, 0.25) is 5.91 Å². The number of hydrogen-bond acceptors (Lipinski definition) is 3. The van der Waals surface area contributed by atoms with Crippen LogP contribution in [0.3, 0.4) is 0 Å².